The third-order valence-electron chi connectivity index (χ3n) is 2.55. The Morgan fingerprint density at radius 2 is 1.89 bits per heavy atom. The predicted molar refractivity (Wildman–Crippen MR) is 76.1 cm³/mol. The molecule has 0 saturated carbocycles. The molecule has 0 atom stereocenters. The van der Waals surface area contributed by atoms with Crippen molar-refractivity contribution in [2.75, 3.05) is 4.72 Å². The van der Waals surface area contributed by atoms with E-state index in [1.165, 1.54) is 24.3 Å². The van der Waals surface area contributed by atoms with Gasteiger partial charge in [0.1, 0.15) is 5.82 Å². The van der Waals surface area contributed by atoms with Crippen molar-refractivity contribution in [2.45, 2.75) is 11.8 Å². The molecule has 0 unspecified atom stereocenters. The van der Waals surface area contributed by atoms with Crippen LogP contribution >= 0.6 is 15.9 Å². The van der Waals surface area contributed by atoms with Crippen molar-refractivity contribution < 1.29 is 12.8 Å². The average molecular weight is 344 g/mol. The molecule has 1 N–H and O–H groups in total. The molecule has 6 heteroatoms. The number of benzene rings is 2. The first-order chi connectivity index (χ1) is 8.88. The van der Waals surface area contributed by atoms with E-state index >= 15 is 0 Å². The molecule has 3 nitrogen and oxygen atoms in total. The van der Waals surface area contributed by atoms with Crippen LogP contribution in [0.4, 0.5) is 10.1 Å². The molecule has 2 aromatic rings. The Hall–Kier alpha value is -1.40. The summed E-state index contributed by atoms with van der Waals surface area (Å²) in [6.07, 6.45) is 0. The van der Waals surface area contributed by atoms with E-state index in [9.17, 15) is 12.8 Å². The Labute approximate surface area is 119 Å². The fourth-order valence-electron chi connectivity index (χ4n) is 1.54. The van der Waals surface area contributed by atoms with Gasteiger partial charge in [0.15, 0.2) is 0 Å². The van der Waals surface area contributed by atoms with Gasteiger partial charge < -0.3 is 0 Å². The summed E-state index contributed by atoms with van der Waals surface area (Å²) in [5, 5.41) is 0. The van der Waals surface area contributed by atoms with Crippen LogP contribution in [0.2, 0.25) is 0 Å². The summed E-state index contributed by atoms with van der Waals surface area (Å²) in [5.41, 5.74) is 0.889. The van der Waals surface area contributed by atoms with Crippen molar-refractivity contribution in [3.63, 3.8) is 0 Å². The van der Waals surface area contributed by atoms with Gasteiger partial charge in [-0.05, 0) is 42.8 Å². The number of halogens is 2. The fraction of sp³-hybridized carbons (Fsp3) is 0.0769. The largest absolute Gasteiger partial charge is 0.279 e. The first kappa shape index (κ1) is 14.0. The zero-order valence-corrected chi connectivity index (χ0v) is 12.4. The summed E-state index contributed by atoms with van der Waals surface area (Å²) < 4.78 is 40.5. The Morgan fingerprint density at radius 1 is 1.16 bits per heavy atom. The molecule has 2 rings (SSSR count). The Bertz CT molecular complexity index is 716. The minimum absolute atomic E-state index is 0.116. The number of aryl methyl sites for hydroxylation is 1. The van der Waals surface area contributed by atoms with E-state index in [1.807, 2.05) is 0 Å². The van der Waals surface area contributed by atoms with E-state index in [0.29, 0.717) is 10.0 Å². The molecule has 19 heavy (non-hydrogen) atoms. The Morgan fingerprint density at radius 3 is 2.58 bits per heavy atom. The highest BCUT2D eigenvalue weighted by Crippen LogP contribution is 2.22. The van der Waals surface area contributed by atoms with Gasteiger partial charge in [0.25, 0.3) is 10.0 Å². The number of nitrogens with one attached hydrogen (secondary N) is 1. The normalized spacial score (nSPS) is 11.3. The molecular weight excluding hydrogens is 333 g/mol. The van der Waals surface area contributed by atoms with E-state index in [2.05, 4.69) is 20.7 Å². The van der Waals surface area contributed by atoms with Gasteiger partial charge in [0.2, 0.25) is 0 Å². The molecule has 2 aromatic carbocycles. The van der Waals surface area contributed by atoms with Gasteiger partial charge in [-0.25, -0.2) is 12.8 Å². The lowest BCUT2D eigenvalue weighted by Gasteiger charge is -2.10. The third-order valence-corrected chi connectivity index (χ3v) is 4.41. The van der Waals surface area contributed by atoms with Crippen LogP contribution in [-0.4, -0.2) is 8.42 Å². The Kier molecular flexibility index (Phi) is 3.91. The van der Waals surface area contributed by atoms with E-state index in [0.717, 1.165) is 6.07 Å². The zero-order chi connectivity index (χ0) is 14.0. The highest BCUT2D eigenvalue weighted by molar-refractivity contribution is 9.10. The van der Waals surface area contributed by atoms with Crippen LogP contribution < -0.4 is 4.72 Å². The summed E-state index contributed by atoms with van der Waals surface area (Å²) in [5.74, 6) is -0.488. The highest BCUT2D eigenvalue weighted by atomic mass is 79.9. The minimum Gasteiger partial charge on any atom is -0.279 e. The van der Waals surface area contributed by atoms with Gasteiger partial charge in [0.05, 0.1) is 10.6 Å². The molecule has 0 fully saturated rings. The van der Waals surface area contributed by atoms with Gasteiger partial charge in [-0.15, -0.1) is 0 Å². The second-order valence-corrected chi connectivity index (χ2v) is 6.62. The van der Waals surface area contributed by atoms with Crippen LogP contribution in [0.15, 0.2) is 51.8 Å². The van der Waals surface area contributed by atoms with E-state index < -0.39 is 15.8 Å². The lowest BCUT2D eigenvalue weighted by atomic mass is 10.2. The molecule has 0 amide bonds. The average Bonchev–Trinajstić information content (AvgIpc) is 2.33. The van der Waals surface area contributed by atoms with Crippen LogP contribution in [0.25, 0.3) is 0 Å². The number of anilines is 1. The molecule has 0 heterocycles. The van der Waals surface area contributed by atoms with E-state index in [1.54, 1.807) is 19.1 Å². The number of hydrogen-bond acceptors (Lipinski definition) is 2. The van der Waals surface area contributed by atoms with Crippen LogP contribution in [0.5, 0.6) is 0 Å². The van der Waals surface area contributed by atoms with Crippen molar-refractivity contribution in [3.8, 4) is 0 Å². The fourth-order valence-corrected chi connectivity index (χ4v) is 3.26. The van der Waals surface area contributed by atoms with E-state index in [-0.39, 0.29) is 10.6 Å². The van der Waals surface area contributed by atoms with E-state index in [4.69, 9.17) is 0 Å². The van der Waals surface area contributed by atoms with Gasteiger partial charge in [-0.3, -0.25) is 4.72 Å². The number of sulfonamides is 1. The molecule has 0 aliphatic carbocycles. The van der Waals surface area contributed by atoms with Crippen molar-refractivity contribution in [1.29, 1.82) is 0 Å². The van der Waals surface area contributed by atoms with Gasteiger partial charge in [0, 0.05) is 4.47 Å². The minimum atomic E-state index is -3.72. The topological polar surface area (TPSA) is 46.2 Å². The molecule has 0 aromatic heterocycles. The van der Waals surface area contributed by atoms with Crippen molar-refractivity contribution >= 4 is 31.6 Å². The monoisotopic (exact) mass is 343 g/mol. The molecule has 0 bridgehead atoms. The summed E-state index contributed by atoms with van der Waals surface area (Å²) >= 11 is 3.21. The molecule has 0 radical (unpaired) electrons. The smallest absolute Gasteiger partial charge is 0.261 e. The lowest BCUT2D eigenvalue weighted by molar-refractivity contribution is 0.601. The maximum Gasteiger partial charge on any atom is 0.261 e. The second kappa shape index (κ2) is 5.30. The maximum atomic E-state index is 13.1. The number of hydrogen-bond donors (Lipinski definition) is 1. The first-order valence-corrected chi connectivity index (χ1v) is 7.71. The van der Waals surface area contributed by atoms with Gasteiger partial charge in [-0.2, -0.15) is 0 Å². The van der Waals surface area contributed by atoms with Crippen molar-refractivity contribution in [3.05, 3.63) is 58.3 Å². The van der Waals surface area contributed by atoms with Crippen LogP contribution in [0, 0.1) is 12.7 Å². The van der Waals surface area contributed by atoms with Crippen molar-refractivity contribution in [1.82, 2.24) is 0 Å². The number of rotatable bonds is 3. The van der Waals surface area contributed by atoms with Crippen molar-refractivity contribution in [2.24, 2.45) is 0 Å². The maximum absolute atomic E-state index is 13.1. The standard InChI is InChI=1S/C13H11BrFNO2S/c1-9-5-6-11(15)8-13(9)16-19(17,18)12-4-2-3-10(14)7-12/h2-8,16H,1H3. The SMILES string of the molecule is Cc1ccc(F)cc1NS(=O)(=O)c1cccc(Br)c1. The van der Waals surface area contributed by atoms with Gasteiger partial charge >= 0.3 is 0 Å². The second-order valence-electron chi connectivity index (χ2n) is 4.02. The van der Waals surface area contributed by atoms with Crippen LogP contribution in [-0.2, 0) is 10.0 Å². The summed E-state index contributed by atoms with van der Waals surface area (Å²) in [6.45, 7) is 1.71. The third kappa shape index (κ3) is 3.33. The highest BCUT2D eigenvalue weighted by Gasteiger charge is 2.15. The molecule has 0 saturated heterocycles. The Balaban J connectivity index is 2.39. The molecule has 0 aliphatic heterocycles. The van der Waals surface area contributed by atoms with Crippen LogP contribution in [0.1, 0.15) is 5.56 Å². The predicted octanol–water partition coefficient (Wildman–Crippen LogP) is 3.70. The quantitative estimate of drug-likeness (QED) is 0.923. The first-order valence-electron chi connectivity index (χ1n) is 5.43. The zero-order valence-electron chi connectivity index (χ0n) is 10.0. The lowest BCUT2D eigenvalue weighted by Crippen LogP contribution is -2.13. The summed E-state index contributed by atoms with van der Waals surface area (Å²) in [7, 11) is -3.72. The summed E-state index contributed by atoms with van der Waals surface area (Å²) in [6, 6.07) is 10.3. The van der Waals surface area contributed by atoms with Crippen LogP contribution in [0.3, 0.4) is 0 Å². The molecule has 0 spiro atoms. The summed E-state index contributed by atoms with van der Waals surface area (Å²) in [4.78, 5) is 0.116. The molecular formula is C13H11BrFNO2S. The van der Waals surface area contributed by atoms with Gasteiger partial charge in [-0.1, -0.05) is 28.1 Å². The molecule has 100 valence electrons. The molecule has 0 aliphatic rings.